The molecule has 25 heavy (non-hydrogen) atoms. The van der Waals surface area contributed by atoms with E-state index in [0.29, 0.717) is 10.4 Å². The predicted molar refractivity (Wildman–Crippen MR) is 103 cm³/mol. The Morgan fingerprint density at radius 1 is 1.16 bits per heavy atom. The van der Waals surface area contributed by atoms with Crippen LogP contribution in [-0.2, 0) is 7.05 Å². The molecule has 5 nitrogen and oxygen atoms in total. The number of thiazole rings is 1. The molecule has 0 saturated carbocycles. The van der Waals surface area contributed by atoms with Crippen molar-refractivity contribution in [3.63, 3.8) is 0 Å². The quantitative estimate of drug-likeness (QED) is 0.724. The Labute approximate surface area is 150 Å². The van der Waals surface area contributed by atoms with Gasteiger partial charge in [-0.25, -0.2) is 0 Å². The highest BCUT2D eigenvalue weighted by Gasteiger charge is 2.12. The van der Waals surface area contributed by atoms with E-state index in [1.165, 1.54) is 11.3 Å². The van der Waals surface area contributed by atoms with Crippen molar-refractivity contribution in [1.29, 1.82) is 0 Å². The second kappa shape index (κ2) is 6.72. The molecular weight excluding hydrogens is 334 g/mol. The van der Waals surface area contributed by atoms with Gasteiger partial charge in [0.2, 0.25) is 0 Å². The Balaban J connectivity index is 2.08. The third kappa shape index (κ3) is 3.17. The van der Waals surface area contributed by atoms with Crippen LogP contribution in [0.2, 0.25) is 0 Å². The second-order valence-corrected chi connectivity index (χ2v) is 7.04. The second-order valence-electron chi connectivity index (χ2n) is 6.06. The van der Waals surface area contributed by atoms with Gasteiger partial charge in [-0.1, -0.05) is 17.4 Å². The smallest absolute Gasteiger partial charge is 0.279 e. The van der Waals surface area contributed by atoms with Crippen molar-refractivity contribution in [2.24, 2.45) is 12.0 Å². The summed E-state index contributed by atoms with van der Waals surface area (Å²) in [4.78, 5) is 19.5. The minimum atomic E-state index is -0.246. The van der Waals surface area contributed by atoms with Crippen molar-refractivity contribution < 1.29 is 9.53 Å². The third-order valence-corrected chi connectivity index (χ3v) is 5.42. The van der Waals surface area contributed by atoms with Crippen molar-refractivity contribution in [2.75, 3.05) is 26.1 Å². The summed E-state index contributed by atoms with van der Waals surface area (Å²) < 4.78 is 8.45. The van der Waals surface area contributed by atoms with Crippen molar-refractivity contribution in [1.82, 2.24) is 4.57 Å². The Bertz CT molecular complexity index is 998. The van der Waals surface area contributed by atoms with Crippen LogP contribution in [0.3, 0.4) is 0 Å². The van der Waals surface area contributed by atoms with E-state index >= 15 is 0 Å². The first-order chi connectivity index (χ1) is 11.9. The van der Waals surface area contributed by atoms with Gasteiger partial charge in [0.25, 0.3) is 5.91 Å². The average Bonchev–Trinajstić information content (AvgIpc) is 2.93. The first-order valence-corrected chi connectivity index (χ1v) is 8.73. The predicted octanol–water partition coefficient (Wildman–Crippen LogP) is 3.36. The summed E-state index contributed by atoms with van der Waals surface area (Å²) in [6, 6.07) is 11.4. The van der Waals surface area contributed by atoms with Crippen molar-refractivity contribution >= 4 is 33.1 Å². The number of hydrogen-bond acceptors (Lipinski definition) is 4. The van der Waals surface area contributed by atoms with Crippen molar-refractivity contribution in [2.45, 2.75) is 6.92 Å². The number of amides is 1. The number of benzene rings is 2. The monoisotopic (exact) mass is 355 g/mol. The number of methoxy groups -OCH3 is 1. The molecule has 1 heterocycles. The molecule has 0 aliphatic heterocycles. The van der Waals surface area contributed by atoms with E-state index < -0.39 is 0 Å². The normalized spacial score (nSPS) is 11.8. The van der Waals surface area contributed by atoms with Gasteiger partial charge in [-0.3, -0.25) is 4.79 Å². The third-order valence-electron chi connectivity index (χ3n) is 4.15. The van der Waals surface area contributed by atoms with Crippen LogP contribution in [0.5, 0.6) is 5.75 Å². The summed E-state index contributed by atoms with van der Waals surface area (Å²) in [5, 5.41) is 0. The number of anilines is 1. The van der Waals surface area contributed by atoms with Gasteiger partial charge >= 0.3 is 0 Å². The van der Waals surface area contributed by atoms with E-state index in [0.717, 1.165) is 27.2 Å². The Morgan fingerprint density at radius 2 is 1.84 bits per heavy atom. The molecule has 0 radical (unpaired) electrons. The number of nitrogens with zero attached hydrogens (tertiary/aromatic N) is 3. The van der Waals surface area contributed by atoms with Crippen LogP contribution >= 0.6 is 11.3 Å². The van der Waals surface area contributed by atoms with E-state index in [1.807, 2.05) is 61.8 Å². The minimum Gasteiger partial charge on any atom is -0.495 e. The molecule has 0 aliphatic carbocycles. The summed E-state index contributed by atoms with van der Waals surface area (Å²) in [7, 11) is 7.49. The summed E-state index contributed by atoms with van der Waals surface area (Å²) in [5.74, 6) is 0.535. The lowest BCUT2D eigenvalue weighted by molar-refractivity contribution is 0.0998. The molecule has 0 aliphatic rings. The van der Waals surface area contributed by atoms with E-state index in [2.05, 4.69) is 4.99 Å². The van der Waals surface area contributed by atoms with Crippen LogP contribution in [0.15, 0.2) is 41.4 Å². The lowest BCUT2D eigenvalue weighted by Crippen LogP contribution is -2.14. The largest absolute Gasteiger partial charge is 0.495 e. The van der Waals surface area contributed by atoms with E-state index in [9.17, 15) is 4.79 Å². The van der Waals surface area contributed by atoms with E-state index in [1.54, 1.807) is 19.2 Å². The summed E-state index contributed by atoms with van der Waals surface area (Å²) >= 11 is 1.50. The number of fused-ring (bicyclic) bond motifs is 1. The number of carbonyl (C=O) groups is 1. The van der Waals surface area contributed by atoms with Crippen LogP contribution < -0.4 is 14.4 Å². The molecule has 2 aromatic carbocycles. The molecular formula is C19H21N3O2S. The average molecular weight is 355 g/mol. The van der Waals surface area contributed by atoms with Crippen LogP contribution in [0, 0.1) is 6.92 Å². The molecule has 1 amide bonds. The number of aromatic nitrogens is 1. The zero-order valence-corrected chi connectivity index (χ0v) is 15.8. The number of aryl methyl sites for hydroxylation is 2. The minimum absolute atomic E-state index is 0.246. The van der Waals surface area contributed by atoms with Gasteiger partial charge in [0, 0.05) is 32.4 Å². The Morgan fingerprint density at radius 3 is 2.44 bits per heavy atom. The maximum absolute atomic E-state index is 12.5. The molecule has 3 rings (SSSR count). The number of hydrogen-bond donors (Lipinski definition) is 0. The zero-order valence-electron chi connectivity index (χ0n) is 15.0. The molecule has 1 aromatic heterocycles. The van der Waals surface area contributed by atoms with E-state index in [4.69, 9.17) is 4.74 Å². The number of ether oxygens (including phenoxy) is 1. The molecule has 0 unspecified atom stereocenters. The SMILES string of the molecule is COc1ccc(C)c2sc(=NC(=O)c3ccc(N(C)C)cc3)n(C)c12. The molecule has 3 aromatic rings. The van der Waals surface area contributed by atoms with Crippen LogP contribution in [0.4, 0.5) is 5.69 Å². The lowest BCUT2D eigenvalue weighted by Gasteiger charge is -2.11. The Kier molecular flexibility index (Phi) is 4.63. The highest BCUT2D eigenvalue weighted by molar-refractivity contribution is 7.16. The Hall–Kier alpha value is -2.60. The summed E-state index contributed by atoms with van der Waals surface area (Å²) in [6.45, 7) is 2.05. The fraction of sp³-hybridized carbons (Fsp3) is 0.263. The molecule has 0 fully saturated rings. The molecule has 0 spiro atoms. The van der Waals surface area contributed by atoms with Crippen LogP contribution in [0.1, 0.15) is 15.9 Å². The fourth-order valence-electron chi connectivity index (χ4n) is 2.67. The summed E-state index contributed by atoms with van der Waals surface area (Å²) in [5.41, 5.74) is 3.72. The topological polar surface area (TPSA) is 46.8 Å². The van der Waals surface area contributed by atoms with Gasteiger partial charge in [0.15, 0.2) is 4.80 Å². The van der Waals surface area contributed by atoms with Crippen LogP contribution in [-0.4, -0.2) is 31.7 Å². The van der Waals surface area contributed by atoms with Gasteiger partial charge in [-0.15, -0.1) is 0 Å². The molecule has 0 bridgehead atoms. The maximum Gasteiger partial charge on any atom is 0.279 e. The van der Waals surface area contributed by atoms with Gasteiger partial charge in [0.1, 0.15) is 11.3 Å². The van der Waals surface area contributed by atoms with E-state index in [-0.39, 0.29) is 5.91 Å². The van der Waals surface area contributed by atoms with Gasteiger partial charge in [-0.2, -0.15) is 4.99 Å². The van der Waals surface area contributed by atoms with Crippen molar-refractivity contribution in [3.8, 4) is 5.75 Å². The molecule has 0 atom stereocenters. The standard InChI is InChI=1S/C19H21N3O2S/c1-12-6-11-15(24-5)16-17(12)25-19(22(16)4)20-18(23)13-7-9-14(10-8-13)21(2)3/h6-11H,1-5H3. The molecule has 0 saturated heterocycles. The molecule has 0 N–H and O–H groups in total. The van der Waals surface area contributed by atoms with Gasteiger partial charge in [0.05, 0.1) is 11.8 Å². The molecule has 130 valence electrons. The van der Waals surface area contributed by atoms with Crippen molar-refractivity contribution in [3.05, 3.63) is 52.3 Å². The highest BCUT2D eigenvalue weighted by Crippen LogP contribution is 2.29. The summed E-state index contributed by atoms with van der Waals surface area (Å²) in [6.07, 6.45) is 0. The fourth-order valence-corrected chi connectivity index (χ4v) is 3.77. The first-order valence-electron chi connectivity index (χ1n) is 7.92. The maximum atomic E-state index is 12.5. The number of carbonyl (C=O) groups excluding carboxylic acids is 1. The highest BCUT2D eigenvalue weighted by atomic mass is 32.1. The van der Waals surface area contributed by atoms with Gasteiger partial charge in [-0.05, 0) is 42.8 Å². The van der Waals surface area contributed by atoms with Gasteiger partial charge < -0.3 is 14.2 Å². The number of rotatable bonds is 3. The molecule has 6 heteroatoms. The zero-order chi connectivity index (χ0) is 18.1. The first kappa shape index (κ1) is 17.2. The van der Waals surface area contributed by atoms with Crippen LogP contribution in [0.25, 0.3) is 10.2 Å². The lowest BCUT2D eigenvalue weighted by atomic mass is 10.2.